The van der Waals surface area contributed by atoms with E-state index in [2.05, 4.69) is 16.0 Å². The molecule has 11 heteroatoms. The van der Waals surface area contributed by atoms with Crippen LogP contribution in [0.15, 0.2) is 54.6 Å². The van der Waals surface area contributed by atoms with Gasteiger partial charge in [-0.05, 0) is 37.0 Å². The molecule has 4 N–H and O–H groups in total. The third-order valence-electron chi connectivity index (χ3n) is 6.62. The normalized spacial score (nSPS) is 17.6. The highest BCUT2D eigenvalue weighted by Crippen LogP contribution is 2.43. The van der Waals surface area contributed by atoms with E-state index in [0.717, 1.165) is 6.07 Å². The molecule has 0 aromatic heterocycles. The summed E-state index contributed by atoms with van der Waals surface area (Å²) in [6.45, 7) is 2.03. The van der Waals surface area contributed by atoms with Crippen molar-refractivity contribution in [1.82, 2.24) is 16.0 Å². The number of amides is 3. The Morgan fingerprint density at radius 2 is 1.92 bits per heavy atom. The molecule has 3 amide bonds. The Morgan fingerprint density at radius 1 is 1.18 bits per heavy atom. The van der Waals surface area contributed by atoms with Gasteiger partial charge in [0.25, 0.3) is 0 Å². The number of carbonyl (C=O) groups excluding carboxylic acids is 3. The second-order valence-electron chi connectivity index (χ2n) is 9.57. The zero-order chi connectivity index (χ0) is 28.4. The van der Waals surface area contributed by atoms with E-state index in [4.69, 9.17) is 16.3 Å². The second kappa shape index (κ2) is 14.2. The molecule has 1 aliphatic rings. The van der Waals surface area contributed by atoms with Gasteiger partial charge in [0.05, 0.1) is 12.6 Å². The number of rotatable bonds is 13. The highest BCUT2D eigenvalue weighted by molar-refractivity contribution is 6.30. The van der Waals surface area contributed by atoms with Gasteiger partial charge in [-0.1, -0.05) is 73.8 Å². The molecule has 4 atom stereocenters. The van der Waals surface area contributed by atoms with Crippen LogP contribution in [0.5, 0.6) is 0 Å². The van der Waals surface area contributed by atoms with Crippen LogP contribution in [0.3, 0.4) is 0 Å². The number of aliphatic hydroxyl groups is 1. The van der Waals surface area contributed by atoms with Crippen molar-refractivity contribution in [3.63, 3.8) is 0 Å². The van der Waals surface area contributed by atoms with E-state index < -0.39 is 48.3 Å². The molecule has 2 aromatic rings. The first-order chi connectivity index (χ1) is 18.6. The summed E-state index contributed by atoms with van der Waals surface area (Å²) >= 11 is 5.94. The smallest absolute Gasteiger partial charge is 0.408 e. The second-order valence-corrected chi connectivity index (χ2v) is 10.0. The summed E-state index contributed by atoms with van der Waals surface area (Å²) in [5.74, 6) is -4.72. The number of halogens is 3. The molecule has 0 spiro atoms. The van der Waals surface area contributed by atoms with E-state index in [9.17, 15) is 19.5 Å². The zero-order valence-corrected chi connectivity index (χ0v) is 22.4. The van der Waals surface area contributed by atoms with E-state index in [1.165, 1.54) is 30.3 Å². The summed E-state index contributed by atoms with van der Waals surface area (Å²) < 4.78 is 36.7. The molecule has 0 aliphatic carbocycles. The van der Waals surface area contributed by atoms with Crippen molar-refractivity contribution in [1.29, 1.82) is 0 Å². The summed E-state index contributed by atoms with van der Waals surface area (Å²) in [5, 5.41) is 17.7. The molecular formula is C28H34ClF2N3O5. The lowest BCUT2D eigenvalue weighted by atomic mass is 9.97. The van der Waals surface area contributed by atoms with Crippen molar-refractivity contribution in [3.8, 4) is 0 Å². The number of ether oxygens (including phenoxy) is 1. The Balaban J connectivity index is 1.75. The van der Waals surface area contributed by atoms with E-state index in [0.29, 0.717) is 25.8 Å². The van der Waals surface area contributed by atoms with Gasteiger partial charge in [0.1, 0.15) is 6.04 Å². The monoisotopic (exact) mass is 565 g/mol. The maximum atomic E-state index is 15.7. The van der Waals surface area contributed by atoms with Crippen molar-refractivity contribution in [2.45, 2.75) is 63.1 Å². The average molecular weight is 566 g/mol. The average Bonchev–Trinajstić information content (AvgIpc) is 3.33. The zero-order valence-electron chi connectivity index (χ0n) is 21.7. The Kier molecular flexibility index (Phi) is 11.1. The van der Waals surface area contributed by atoms with E-state index in [1.807, 2.05) is 6.92 Å². The number of aliphatic hydroxyl groups excluding tert-OH is 1. The van der Waals surface area contributed by atoms with Crippen molar-refractivity contribution in [2.24, 2.45) is 5.92 Å². The predicted octanol–water partition coefficient (Wildman–Crippen LogP) is 4.46. The van der Waals surface area contributed by atoms with E-state index >= 15 is 8.78 Å². The lowest BCUT2D eigenvalue weighted by molar-refractivity contribution is -0.128. The van der Waals surface area contributed by atoms with Gasteiger partial charge in [-0.25, -0.2) is 4.79 Å². The van der Waals surface area contributed by atoms with Crippen LogP contribution in [-0.2, 0) is 20.2 Å². The fourth-order valence-corrected chi connectivity index (χ4v) is 4.67. The number of alkyl halides is 2. The number of carbonyl (C=O) groups is 3. The van der Waals surface area contributed by atoms with E-state index in [-0.39, 0.29) is 35.3 Å². The van der Waals surface area contributed by atoms with Crippen LogP contribution in [0.1, 0.15) is 56.3 Å². The van der Waals surface area contributed by atoms with Crippen LogP contribution in [0, 0.1) is 5.92 Å². The Labute approximate surface area is 231 Å². The maximum absolute atomic E-state index is 15.7. The summed E-state index contributed by atoms with van der Waals surface area (Å²) in [6.07, 6.45) is -0.868. The Bertz CT molecular complexity index is 1120. The van der Waals surface area contributed by atoms with Crippen LogP contribution in [0.2, 0.25) is 5.02 Å². The van der Waals surface area contributed by atoms with Crippen molar-refractivity contribution in [3.05, 3.63) is 70.7 Å². The molecule has 3 rings (SSSR count). The molecule has 0 unspecified atom stereocenters. The minimum atomic E-state index is -3.64. The molecule has 1 aliphatic heterocycles. The fourth-order valence-electron chi connectivity index (χ4n) is 4.48. The van der Waals surface area contributed by atoms with Crippen LogP contribution in [0.4, 0.5) is 13.6 Å². The molecule has 2 aromatic carbocycles. The van der Waals surface area contributed by atoms with Gasteiger partial charge in [0.2, 0.25) is 11.8 Å². The molecule has 1 saturated heterocycles. The highest BCUT2D eigenvalue weighted by atomic mass is 35.5. The molecule has 0 bridgehead atoms. The van der Waals surface area contributed by atoms with Crippen molar-refractivity contribution < 1.29 is 33.0 Å². The summed E-state index contributed by atoms with van der Waals surface area (Å²) in [4.78, 5) is 37.9. The number of benzene rings is 2. The molecule has 1 heterocycles. The summed E-state index contributed by atoms with van der Waals surface area (Å²) in [5.41, 5.74) is -0.374. The fraction of sp³-hybridized carbons (Fsp3) is 0.464. The number of hydrogen-bond acceptors (Lipinski definition) is 5. The predicted molar refractivity (Wildman–Crippen MR) is 142 cm³/mol. The summed E-state index contributed by atoms with van der Waals surface area (Å²) in [7, 11) is 0. The number of alkyl carbamates (subject to hydrolysis) is 1. The van der Waals surface area contributed by atoms with Gasteiger partial charge < -0.3 is 25.8 Å². The minimum absolute atomic E-state index is 0.0577. The van der Waals surface area contributed by atoms with Crippen LogP contribution < -0.4 is 16.0 Å². The van der Waals surface area contributed by atoms with Gasteiger partial charge in [-0.3, -0.25) is 9.59 Å². The number of nitrogens with one attached hydrogen (secondary N) is 3. The summed E-state index contributed by atoms with van der Waals surface area (Å²) in [6, 6.07) is 10.9. The first-order valence-corrected chi connectivity index (χ1v) is 13.4. The maximum Gasteiger partial charge on any atom is 0.408 e. The van der Waals surface area contributed by atoms with E-state index in [1.54, 1.807) is 18.2 Å². The first kappa shape index (κ1) is 30.3. The molecule has 212 valence electrons. The molecule has 0 radical (unpaired) electrons. The standard InChI is InChI=1S/C28H34ClF2N3O5/c1-2-3-12-23(26(37)33-22(17-35)15-19-13-14-32-25(19)36)34-27(38)39-24(18-8-5-4-6-9-18)28(30,31)20-10-7-11-21(29)16-20/h4-11,16,19,22-24,35H,2-3,12-15,17H2,1H3,(H,32,36)(H,33,37)(H,34,38)/t19-,22-,23-,24+/m0/s1. The third kappa shape index (κ3) is 8.37. The molecule has 0 saturated carbocycles. The highest BCUT2D eigenvalue weighted by Gasteiger charge is 2.46. The quantitative estimate of drug-likeness (QED) is 0.286. The van der Waals surface area contributed by atoms with Crippen LogP contribution in [-0.4, -0.2) is 48.2 Å². The van der Waals surface area contributed by atoms with Gasteiger partial charge in [0, 0.05) is 23.0 Å². The minimum Gasteiger partial charge on any atom is -0.434 e. The van der Waals surface area contributed by atoms with Crippen LogP contribution in [0.25, 0.3) is 0 Å². The van der Waals surface area contributed by atoms with Crippen LogP contribution >= 0.6 is 11.6 Å². The van der Waals surface area contributed by atoms with Gasteiger partial charge >= 0.3 is 12.0 Å². The number of hydrogen-bond donors (Lipinski definition) is 4. The number of unbranched alkanes of at least 4 members (excludes halogenated alkanes) is 1. The molecule has 39 heavy (non-hydrogen) atoms. The SMILES string of the molecule is CCCC[C@H](NC(=O)O[C@H](c1ccccc1)C(F)(F)c1cccc(Cl)c1)C(=O)N[C@H](CO)C[C@@H]1CCNC1=O. The molecule has 8 nitrogen and oxygen atoms in total. The van der Waals surface area contributed by atoms with Crippen molar-refractivity contribution >= 4 is 29.5 Å². The van der Waals surface area contributed by atoms with Gasteiger partial charge in [0.15, 0.2) is 6.10 Å². The molecule has 1 fully saturated rings. The molecular weight excluding hydrogens is 532 g/mol. The van der Waals surface area contributed by atoms with Gasteiger partial charge in [-0.2, -0.15) is 8.78 Å². The first-order valence-electron chi connectivity index (χ1n) is 13.0. The Hall–Kier alpha value is -3.24. The Morgan fingerprint density at radius 3 is 2.54 bits per heavy atom. The largest absolute Gasteiger partial charge is 0.434 e. The van der Waals surface area contributed by atoms with Crippen molar-refractivity contribution in [2.75, 3.05) is 13.2 Å². The topological polar surface area (TPSA) is 117 Å². The third-order valence-corrected chi connectivity index (χ3v) is 6.85. The lowest BCUT2D eigenvalue weighted by Crippen LogP contribution is -2.51. The van der Waals surface area contributed by atoms with Gasteiger partial charge in [-0.15, -0.1) is 0 Å². The lowest BCUT2D eigenvalue weighted by Gasteiger charge is -2.29.